The summed E-state index contributed by atoms with van der Waals surface area (Å²) in [5.74, 6) is 0.374. The molecule has 0 spiro atoms. The lowest BCUT2D eigenvalue weighted by molar-refractivity contribution is -0.138. The van der Waals surface area contributed by atoms with Crippen LogP contribution in [-0.4, -0.2) is 23.5 Å². The molecular formula is C31H42O6. The van der Waals surface area contributed by atoms with Gasteiger partial charge in [0, 0.05) is 25.7 Å². The smallest absolute Gasteiger partial charge is 0.311 e. The molecule has 0 radical (unpaired) electrons. The predicted molar refractivity (Wildman–Crippen MR) is 145 cm³/mol. The molecule has 6 nitrogen and oxygen atoms in total. The molecule has 0 fully saturated rings. The van der Waals surface area contributed by atoms with E-state index in [0.717, 1.165) is 0 Å². The monoisotopic (exact) mass is 510 g/mol. The van der Waals surface area contributed by atoms with Gasteiger partial charge in [-0.3, -0.25) is 19.2 Å². The highest BCUT2D eigenvalue weighted by atomic mass is 16.5. The van der Waals surface area contributed by atoms with Crippen molar-refractivity contribution < 1.29 is 28.7 Å². The third-order valence-corrected chi connectivity index (χ3v) is 6.04. The van der Waals surface area contributed by atoms with E-state index in [2.05, 4.69) is 0 Å². The van der Waals surface area contributed by atoms with E-state index in [4.69, 9.17) is 9.47 Å². The van der Waals surface area contributed by atoms with Gasteiger partial charge >= 0.3 is 11.9 Å². The number of ketones is 2. The Bertz CT molecular complexity index is 925. The van der Waals surface area contributed by atoms with Crippen molar-refractivity contribution in [1.82, 2.24) is 0 Å². The molecule has 0 bridgehead atoms. The van der Waals surface area contributed by atoms with Gasteiger partial charge in [-0.05, 0) is 47.9 Å². The molecule has 2 aromatic carbocycles. The lowest BCUT2D eigenvalue weighted by atomic mass is 9.82. The number of carbonyl (C=O) groups excluding carboxylic acids is 4. The van der Waals surface area contributed by atoms with Gasteiger partial charge < -0.3 is 9.47 Å². The van der Waals surface area contributed by atoms with Crippen molar-refractivity contribution >= 4 is 23.5 Å². The Balaban J connectivity index is 0.00000684. The van der Waals surface area contributed by atoms with Crippen molar-refractivity contribution in [2.24, 2.45) is 10.8 Å². The van der Waals surface area contributed by atoms with E-state index in [1.54, 1.807) is 48.5 Å². The van der Waals surface area contributed by atoms with Gasteiger partial charge in [0.25, 0.3) is 0 Å². The Hall–Kier alpha value is -3.28. The molecule has 0 aromatic heterocycles. The number of Topliss-reactive ketones (excluding diaryl/α,β-unsaturated/α-hetero) is 2. The maximum Gasteiger partial charge on any atom is 0.311 e. The normalized spacial score (nSPS) is 11.2. The molecule has 0 amide bonds. The summed E-state index contributed by atoms with van der Waals surface area (Å²) in [5.41, 5.74) is -0.770. The Morgan fingerprint density at radius 3 is 1.22 bits per heavy atom. The average molecular weight is 511 g/mol. The first kappa shape index (κ1) is 31.7. The summed E-state index contributed by atoms with van der Waals surface area (Å²) in [6, 6.07) is 17.8. The molecule has 0 unspecified atom stereocenters. The Morgan fingerprint density at radius 2 is 0.892 bits per heavy atom. The van der Waals surface area contributed by atoms with Gasteiger partial charge in [0.15, 0.2) is 0 Å². The number of rotatable bonds is 15. The molecule has 0 aliphatic heterocycles. The van der Waals surface area contributed by atoms with Gasteiger partial charge in [0.05, 0.1) is 12.8 Å². The summed E-state index contributed by atoms with van der Waals surface area (Å²) in [6.07, 6.45) is 2.51. The molecular weight excluding hydrogens is 468 g/mol. The fraction of sp³-hybridized carbons (Fsp3) is 0.484. The Labute approximate surface area is 221 Å². The van der Waals surface area contributed by atoms with E-state index in [-0.39, 0.29) is 67.4 Å². The maximum absolute atomic E-state index is 12.4. The van der Waals surface area contributed by atoms with Crippen LogP contribution in [0.25, 0.3) is 0 Å². The van der Waals surface area contributed by atoms with Gasteiger partial charge in [-0.2, -0.15) is 0 Å². The highest BCUT2D eigenvalue weighted by Crippen LogP contribution is 2.30. The third-order valence-electron chi connectivity index (χ3n) is 6.04. The molecule has 0 saturated carbocycles. The average Bonchev–Trinajstić information content (AvgIpc) is 2.80. The van der Waals surface area contributed by atoms with Crippen LogP contribution in [0.4, 0.5) is 0 Å². The number of hydrogen-bond donors (Lipinski definition) is 0. The molecule has 0 aliphatic rings. The quantitative estimate of drug-likeness (QED) is 0.187. The van der Waals surface area contributed by atoms with E-state index < -0.39 is 0 Å². The van der Waals surface area contributed by atoms with Gasteiger partial charge in [0.2, 0.25) is 0 Å². The zero-order chi connectivity index (χ0) is 26.6. The van der Waals surface area contributed by atoms with Crippen LogP contribution in [0.3, 0.4) is 0 Å². The van der Waals surface area contributed by atoms with Crippen molar-refractivity contribution in [2.75, 3.05) is 0 Å². The Kier molecular flexibility index (Phi) is 12.9. The second-order valence-electron chi connectivity index (χ2n) is 10.8. The van der Waals surface area contributed by atoms with Gasteiger partial charge in [-0.25, -0.2) is 0 Å². The van der Waals surface area contributed by atoms with Gasteiger partial charge in [0.1, 0.15) is 23.1 Å². The van der Waals surface area contributed by atoms with Crippen LogP contribution in [-0.2, 0) is 19.2 Å². The third kappa shape index (κ3) is 13.6. The zero-order valence-electron chi connectivity index (χ0n) is 21.9. The lowest BCUT2D eigenvalue weighted by Gasteiger charge is -2.23. The summed E-state index contributed by atoms with van der Waals surface area (Å²) >= 11 is 0. The largest absolute Gasteiger partial charge is 0.427 e. The van der Waals surface area contributed by atoms with Crippen LogP contribution in [0.15, 0.2) is 60.7 Å². The summed E-state index contributed by atoms with van der Waals surface area (Å²) in [5, 5.41) is 0. The number of benzene rings is 2. The minimum absolute atomic E-state index is 0. The highest BCUT2D eigenvalue weighted by molar-refractivity contribution is 5.86. The molecule has 0 heterocycles. The van der Waals surface area contributed by atoms with Crippen molar-refractivity contribution in [3.63, 3.8) is 0 Å². The lowest BCUT2D eigenvalue weighted by Crippen LogP contribution is -2.22. The van der Waals surface area contributed by atoms with Crippen molar-refractivity contribution in [3.05, 3.63) is 60.7 Å². The first-order valence-corrected chi connectivity index (χ1v) is 12.5. The minimum Gasteiger partial charge on any atom is -0.427 e. The van der Waals surface area contributed by atoms with E-state index in [0.29, 0.717) is 37.2 Å². The molecule has 37 heavy (non-hydrogen) atoms. The highest BCUT2D eigenvalue weighted by Gasteiger charge is 2.26. The summed E-state index contributed by atoms with van der Waals surface area (Å²) in [6.45, 7) is 7.73. The van der Waals surface area contributed by atoms with Gasteiger partial charge in [-0.1, -0.05) is 71.5 Å². The molecule has 2 rings (SSSR count). The second kappa shape index (κ2) is 15.1. The summed E-state index contributed by atoms with van der Waals surface area (Å²) < 4.78 is 10.7. The van der Waals surface area contributed by atoms with Crippen LogP contribution in [0, 0.1) is 10.8 Å². The number of esters is 2. The Morgan fingerprint density at radius 1 is 0.568 bits per heavy atom. The molecule has 2 aromatic rings. The second-order valence-corrected chi connectivity index (χ2v) is 10.8. The molecule has 0 aliphatic carbocycles. The minimum atomic E-state index is -0.385. The van der Waals surface area contributed by atoms with E-state index in [1.807, 2.05) is 39.8 Å². The van der Waals surface area contributed by atoms with Crippen LogP contribution in [0.5, 0.6) is 11.5 Å². The topological polar surface area (TPSA) is 86.7 Å². The van der Waals surface area contributed by atoms with Crippen LogP contribution in [0.2, 0.25) is 0 Å². The van der Waals surface area contributed by atoms with Crippen LogP contribution < -0.4 is 9.47 Å². The van der Waals surface area contributed by atoms with Crippen LogP contribution >= 0.6 is 0 Å². The van der Waals surface area contributed by atoms with E-state index >= 15 is 0 Å². The fourth-order valence-corrected chi connectivity index (χ4v) is 3.75. The number of para-hydroxylation sites is 2. The number of ether oxygens (including phenoxy) is 2. The van der Waals surface area contributed by atoms with Crippen molar-refractivity contribution in [1.29, 1.82) is 0 Å². The molecule has 0 atom stereocenters. The summed E-state index contributed by atoms with van der Waals surface area (Å²) in [7, 11) is 0. The van der Waals surface area contributed by atoms with Crippen molar-refractivity contribution in [2.45, 2.75) is 86.5 Å². The molecule has 6 heteroatoms. The SMILES string of the molecule is C.CC(C)(CCC(=O)CCC(=O)CCC(C)(C)CC(=O)Oc1ccccc1)CC(=O)Oc1ccccc1. The van der Waals surface area contributed by atoms with Gasteiger partial charge in [-0.15, -0.1) is 0 Å². The first-order valence-electron chi connectivity index (χ1n) is 12.5. The number of carbonyl (C=O) groups is 4. The van der Waals surface area contributed by atoms with Crippen molar-refractivity contribution in [3.8, 4) is 11.5 Å². The first-order chi connectivity index (χ1) is 16.9. The molecule has 202 valence electrons. The molecule has 0 N–H and O–H groups in total. The summed E-state index contributed by atoms with van der Waals surface area (Å²) in [4.78, 5) is 49.2. The maximum atomic E-state index is 12.4. The molecule has 0 saturated heterocycles. The van der Waals surface area contributed by atoms with E-state index in [9.17, 15) is 19.2 Å². The fourth-order valence-electron chi connectivity index (χ4n) is 3.75. The van der Waals surface area contributed by atoms with E-state index in [1.165, 1.54) is 0 Å². The van der Waals surface area contributed by atoms with Crippen LogP contribution in [0.1, 0.15) is 86.5 Å². The standard InChI is InChI=1S/C30H38O6.CH4/c1-29(2,21-27(33)35-25-11-7-5-8-12-25)19-17-23(31)15-16-24(32)18-20-30(3,4)22-28(34)36-26-13-9-6-10-14-26;/h5-14H,15-22H2,1-4H3;1H4. The predicted octanol–water partition coefficient (Wildman–Crippen LogP) is 7.15. The zero-order valence-corrected chi connectivity index (χ0v) is 21.9. The number of hydrogen-bond acceptors (Lipinski definition) is 6.